The van der Waals surface area contributed by atoms with Crippen LogP contribution in [0, 0.1) is 6.92 Å². The fourth-order valence-electron chi connectivity index (χ4n) is 4.80. The van der Waals surface area contributed by atoms with Crippen molar-refractivity contribution < 1.29 is 19.0 Å². The van der Waals surface area contributed by atoms with E-state index in [1.165, 1.54) is 0 Å². The molecule has 31 heavy (non-hydrogen) atoms. The molecule has 0 unspecified atom stereocenters. The topological polar surface area (TPSA) is 93.3 Å². The Morgan fingerprint density at radius 3 is 2.74 bits per heavy atom. The van der Waals surface area contributed by atoms with E-state index in [1.807, 2.05) is 31.2 Å². The minimum absolute atomic E-state index is 0.0928. The molecule has 1 aromatic heterocycles. The van der Waals surface area contributed by atoms with Gasteiger partial charge >= 0.3 is 5.63 Å². The fraction of sp³-hybridized carbons (Fsp3) is 0.333. The van der Waals surface area contributed by atoms with Crippen molar-refractivity contribution in [3.8, 4) is 17.2 Å². The molecule has 7 nitrogen and oxygen atoms in total. The Kier molecular flexibility index (Phi) is 4.61. The Labute approximate surface area is 179 Å². The fourth-order valence-corrected chi connectivity index (χ4v) is 4.80. The first kappa shape index (κ1) is 19.5. The molecule has 2 aromatic carbocycles. The number of hydrogen-bond acceptors (Lipinski definition) is 7. The molecule has 1 aliphatic heterocycles. The second-order valence-electron chi connectivity index (χ2n) is 8.04. The zero-order chi connectivity index (χ0) is 21.7. The number of hydrogen-bond donors (Lipinski definition) is 2. The number of nitrogens with one attached hydrogen (secondary N) is 1. The summed E-state index contributed by atoms with van der Waals surface area (Å²) in [5, 5.41) is 16.4. The van der Waals surface area contributed by atoms with Gasteiger partial charge in [0.1, 0.15) is 22.8 Å². The van der Waals surface area contributed by atoms with Gasteiger partial charge in [-0.3, -0.25) is 0 Å². The number of benzene rings is 2. The number of fused-ring (bicyclic) bond motifs is 3. The number of nitrogens with zero attached hydrogens (tertiary/aromatic N) is 1. The monoisotopic (exact) mass is 420 g/mol. The molecule has 7 heteroatoms. The maximum absolute atomic E-state index is 12.3. The molecule has 0 saturated carbocycles. The van der Waals surface area contributed by atoms with Gasteiger partial charge in [0.2, 0.25) is 0 Å². The van der Waals surface area contributed by atoms with Crippen molar-refractivity contribution in [2.45, 2.75) is 38.6 Å². The van der Waals surface area contributed by atoms with Gasteiger partial charge in [0.15, 0.2) is 0 Å². The summed E-state index contributed by atoms with van der Waals surface area (Å²) >= 11 is 0. The van der Waals surface area contributed by atoms with Crippen molar-refractivity contribution in [3.05, 3.63) is 62.5 Å². The van der Waals surface area contributed by atoms with Gasteiger partial charge in [-0.1, -0.05) is 0 Å². The average molecular weight is 420 g/mol. The van der Waals surface area contributed by atoms with Gasteiger partial charge in [-0.05, 0) is 55.5 Å². The smallest absolute Gasteiger partial charge is 0.339 e. The first-order valence-electron chi connectivity index (χ1n) is 10.4. The van der Waals surface area contributed by atoms with Crippen LogP contribution in [0.2, 0.25) is 0 Å². The van der Waals surface area contributed by atoms with Gasteiger partial charge < -0.3 is 24.4 Å². The van der Waals surface area contributed by atoms with E-state index >= 15 is 0 Å². The summed E-state index contributed by atoms with van der Waals surface area (Å²) in [5.41, 5.74) is 8.15. The van der Waals surface area contributed by atoms with E-state index < -0.39 is 0 Å². The largest absolute Gasteiger partial charge is 0.506 e. The van der Waals surface area contributed by atoms with Crippen LogP contribution in [-0.2, 0) is 12.8 Å². The Morgan fingerprint density at radius 1 is 1.16 bits per heavy atom. The molecule has 0 fully saturated rings. The third-order valence-electron chi connectivity index (χ3n) is 6.29. The van der Waals surface area contributed by atoms with Crippen LogP contribution >= 0.6 is 0 Å². The average Bonchev–Trinajstić information content (AvgIpc) is 3.43. The molecule has 5 rings (SSSR count). The first-order valence-corrected chi connectivity index (χ1v) is 10.4. The van der Waals surface area contributed by atoms with Crippen LogP contribution in [-0.4, -0.2) is 25.0 Å². The van der Waals surface area contributed by atoms with Crippen LogP contribution < -0.4 is 20.5 Å². The summed E-state index contributed by atoms with van der Waals surface area (Å²) in [6.07, 6.45) is 2.94. The molecule has 0 amide bonds. The Morgan fingerprint density at radius 2 is 1.97 bits per heavy atom. The van der Waals surface area contributed by atoms with Crippen LogP contribution in [0.5, 0.6) is 17.2 Å². The third kappa shape index (κ3) is 3.03. The summed E-state index contributed by atoms with van der Waals surface area (Å²) in [5.74, 6) is 1.57. The number of phenols is 1. The highest BCUT2D eigenvalue weighted by atomic mass is 16.5. The van der Waals surface area contributed by atoms with Crippen molar-refractivity contribution >= 4 is 16.7 Å². The summed E-state index contributed by atoms with van der Waals surface area (Å²) in [6, 6.07) is 7.43. The van der Waals surface area contributed by atoms with E-state index in [0.29, 0.717) is 40.7 Å². The van der Waals surface area contributed by atoms with Crippen LogP contribution in [0.1, 0.15) is 46.7 Å². The van der Waals surface area contributed by atoms with Crippen LogP contribution in [0.4, 0.5) is 0 Å². The van der Waals surface area contributed by atoms with E-state index in [2.05, 4.69) is 10.5 Å². The summed E-state index contributed by atoms with van der Waals surface area (Å²) in [4.78, 5) is 12.3. The molecule has 0 radical (unpaired) electrons. The van der Waals surface area contributed by atoms with Crippen molar-refractivity contribution in [2.24, 2.45) is 5.10 Å². The maximum atomic E-state index is 12.3. The molecule has 2 heterocycles. The third-order valence-corrected chi connectivity index (χ3v) is 6.29. The first-order chi connectivity index (χ1) is 15.0. The Bertz CT molecular complexity index is 1290. The molecular formula is C24H24N2O5. The molecule has 2 N–H and O–H groups in total. The SMILES string of the molecule is COc1ccc([C@@H]2CC(c3c(C)cc4oc(=O)c5c(c4c3O)CCC5)=NN2)c(OC)c1. The van der Waals surface area contributed by atoms with E-state index in [9.17, 15) is 9.90 Å². The van der Waals surface area contributed by atoms with E-state index in [0.717, 1.165) is 41.0 Å². The number of aromatic hydroxyl groups is 1. The summed E-state index contributed by atoms with van der Waals surface area (Å²) < 4.78 is 16.4. The van der Waals surface area contributed by atoms with Gasteiger partial charge in [0.25, 0.3) is 0 Å². The van der Waals surface area contributed by atoms with E-state index in [4.69, 9.17) is 13.9 Å². The lowest BCUT2D eigenvalue weighted by molar-refractivity contribution is 0.386. The lowest BCUT2D eigenvalue weighted by atomic mass is 9.92. The zero-order valence-electron chi connectivity index (χ0n) is 17.7. The van der Waals surface area contributed by atoms with E-state index in [1.54, 1.807) is 14.2 Å². The molecule has 0 saturated heterocycles. The predicted molar refractivity (Wildman–Crippen MR) is 117 cm³/mol. The molecular weight excluding hydrogens is 396 g/mol. The highest BCUT2D eigenvalue weighted by molar-refractivity contribution is 6.09. The molecule has 3 aromatic rings. The molecule has 0 bridgehead atoms. The van der Waals surface area contributed by atoms with Gasteiger partial charge in [0.05, 0.1) is 31.4 Å². The number of hydrazone groups is 1. The van der Waals surface area contributed by atoms with Gasteiger partial charge in [-0.15, -0.1) is 0 Å². The lowest BCUT2D eigenvalue weighted by Crippen LogP contribution is -2.12. The highest BCUT2D eigenvalue weighted by Gasteiger charge is 2.30. The van der Waals surface area contributed by atoms with Crippen molar-refractivity contribution in [1.82, 2.24) is 5.43 Å². The van der Waals surface area contributed by atoms with Gasteiger partial charge in [-0.2, -0.15) is 5.10 Å². The molecule has 2 aliphatic rings. The van der Waals surface area contributed by atoms with Crippen molar-refractivity contribution in [2.75, 3.05) is 14.2 Å². The number of rotatable bonds is 4. The minimum atomic E-state index is -0.293. The van der Waals surface area contributed by atoms with Crippen molar-refractivity contribution in [3.63, 3.8) is 0 Å². The van der Waals surface area contributed by atoms with Crippen LogP contribution in [0.3, 0.4) is 0 Å². The predicted octanol–water partition coefficient (Wildman–Crippen LogP) is 3.75. The molecule has 1 atom stereocenters. The Balaban J connectivity index is 1.56. The maximum Gasteiger partial charge on any atom is 0.339 e. The standard InChI is InChI=1S/C24H24N2O5/c1-12-9-20-22(14-5-4-6-15(14)24(28)31-20)23(27)21(12)18-11-17(25-26-18)16-8-7-13(29-2)10-19(16)30-3/h7-10,17,25,27H,4-6,11H2,1-3H3/t17-/m0/s1. The van der Waals surface area contributed by atoms with Crippen molar-refractivity contribution in [1.29, 1.82) is 0 Å². The second kappa shape index (κ2) is 7.34. The molecule has 1 aliphatic carbocycles. The highest BCUT2D eigenvalue weighted by Crippen LogP contribution is 2.40. The molecule has 0 spiro atoms. The van der Waals surface area contributed by atoms with Gasteiger partial charge in [-0.25, -0.2) is 4.79 Å². The van der Waals surface area contributed by atoms with Crippen LogP contribution in [0.25, 0.3) is 11.0 Å². The van der Waals surface area contributed by atoms with E-state index in [-0.39, 0.29) is 17.4 Å². The number of phenolic OH excluding ortho intramolecular Hbond substituents is 1. The lowest BCUT2D eigenvalue weighted by Gasteiger charge is -2.16. The van der Waals surface area contributed by atoms with Gasteiger partial charge in [0, 0.05) is 29.2 Å². The Hall–Kier alpha value is -3.48. The zero-order valence-corrected chi connectivity index (χ0v) is 17.7. The summed E-state index contributed by atoms with van der Waals surface area (Å²) in [6.45, 7) is 1.89. The molecule has 160 valence electrons. The van der Waals surface area contributed by atoms with Crippen LogP contribution in [0.15, 0.2) is 38.6 Å². The number of aryl methyl sites for hydroxylation is 2. The minimum Gasteiger partial charge on any atom is -0.506 e. The summed E-state index contributed by atoms with van der Waals surface area (Å²) in [7, 11) is 3.25. The number of ether oxygens (including phenoxy) is 2. The quantitative estimate of drug-likeness (QED) is 0.625. The normalized spacial score (nSPS) is 17.4. The second-order valence-corrected chi connectivity index (χ2v) is 8.04. The number of methoxy groups -OCH3 is 2.